The molecule has 1 aliphatic heterocycles. The molecule has 2 heterocycles. The summed E-state index contributed by atoms with van der Waals surface area (Å²) in [5.74, 6) is 1.06. The van der Waals surface area contributed by atoms with Crippen molar-refractivity contribution in [3.05, 3.63) is 66.2 Å². The summed E-state index contributed by atoms with van der Waals surface area (Å²) in [5.41, 5.74) is 11.2. The largest absolute Gasteiger partial charge is 0.340 e. The second kappa shape index (κ2) is 10.9. The summed E-state index contributed by atoms with van der Waals surface area (Å²) in [5, 5.41) is 12.0. The lowest BCUT2D eigenvalue weighted by molar-refractivity contribution is -0.130. The molecule has 39 heavy (non-hydrogen) atoms. The Morgan fingerprint density at radius 2 is 1.69 bits per heavy atom. The quantitative estimate of drug-likeness (QED) is 0.416. The average molecular weight is 524 g/mol. The van der Waals surface area contributed by atoms with Crippen LogP contribution in [0.1, 0.15) is 69.8 Å². The Kier molecular flexibility index (Phi) is 7.17. The highest BCUT2D eigenvalue weighted by atomic mass is 16.2. The van der Waals surface area contributed by atoms with Crippen LogP contribution in [0.2, 0.25) is 0 Å². The molecule has 0 radical (unpaired) electrons. The van der Waals surface area contributed by atoms with E-state index in [2.05, 4.69) is 44.7 Å². The van der Waals surface area contributed by atoms with Gasteiger partial charge in [-0.25, -0.2) is 0 Å². The lowest BCUT2D eigenvalue weighted by Crippen LogP contribution is -2.43. The first-order valence-corrected chi connectivity index (χ1v) is 14.4. The van der Waals surface area contributed by atoms with Crippen LogP contribution < -0.4 is 11.1 Å². The van der Waals surface area contributed by atoms with E-state index < -0.39 is 0 Å². The topological polar surface area (TPSA) is 101 Å². The fourth-order valence-corrected chi connectivity index (χ4v) is 6.48. The minimum atomic E-state index is -0.203. The summed E-state index contributed by atoms with van der Waals surface area (Å²) in [4.78, 5) is 27.1. The van der Waals surface area contributed by atoms with Crippen LogP contribution in [0.4, 0.5) is 5.82 Å². The van der Waals surface area contributed by atoms with Crippen LogP contribution in [-0.4, -0.2) is 39.5 Å². The molecule has 7 heteroatoms. The van der Waals surface area contributed by atoms with Gasteiger partial charge in [-0.3, -0.25) is 9.59 Å². The molecular formula is C32H37N5O2. The van der Waals surface area contributed by atoms with E-state index >= 15 is 0 Å². The first-order chi connectivity index (χ1) is 19.0. The third-order valence-corrected chi connectivity index (χ3v) is 8.97. The van der Waals surface area contributed by atoms with Gasteiger partial charge < -0.3 is 16.0 Å². The molecule has 3 fully saturated rings. The first kappa shape index (κ1) is 25.7. The Morgan fingerprint density at radius 3 is 2.33 bits per heavy atom. The van der Waals surface area contributed by atoms with Crippen molar-refractivity contribution in [1.82, 2.24) is 15.1 Å². The first-order valence-electron chi connectivity index (χ1n) is 14.4. The summed E-state index contributed by atoms with van der Waals surface area (Å²) in [6.45, 7) is 0.894. The van der Waals surface area contributed by atoms with E-state index in [4.69, 9.17) is 5.73 Å². The number of carbonyl (C=O) groups excluding carboxylic acids is 2. The molecule has 0 atom stereocenters. The Labute approximate surface area is 230 Å². The molecule has 3 aliphatic rings. The van der Waals surface area contributed by atoms with Crippen molar-refractivity contribution >= 4 is 17.6 Å². The number of hydrogen-bond donors (Lipinski definition) is 2. The van der Waals surface area contributed by atoms with Crippen LogP contribution >= 0.6 is 0 Å². The van der Waals surface area contributed by atoms with Gasteiger partial charge in [-0.1, -0.05) is 54.6 Å². The molecule has 2 amide bonds. The molecule has 2 aliphatic carbocycles. The molecule has 3 N–H and O–H groups in total. The van der Waals surface area contributed by atoms with Gasteiger partial charge >= 0.3 is 0 Å². The molecule has 3 aromatic rings. The molecule has 202 valence electrons. The maximum atomic E-state index is 13.0. The van der Waals surface area contributed by atoms with Crippen molar-refractivity contribution in [2.75, 3.05) is 11.9 Å². The molecule has 2 saturated carbocycles. The second-order valence-electron chi connectivity index (χ2n) is 11.6. The minimum Gasteiger partial charge on any atom is -0.340 e. The van der Waals surface area contributed by atoms with Gasteiger partial charge in [-0.15, -0.1) is 10.2 Å². The number of rotatable bonds is 7. The van der Waals surface area contributed by atoms with Gasteiger partial charge in [0.1, 0.15) is 5.69 Å². The van der Waals surface area contributed by atoms with Crippen molar-refractivity contribution in [2.45, 2.75) is 75.8 Å². The van der Waals surface area contributed by atoms with Gasteiger partial charge in [0.15, 0.2) is 5.82 Å². The summed E-state index contributed by atoms with van der Waals surface area (Å²) in [6.07, 6.45) is 9.27. The Morgan fingerprint density at radius 1 is 0.949 bits per heavy atom. The third kappa shape index (κ3) is 5.46. The van der Waals surface area contributed by atoms with Crippen molar-refractivity contribution in [2.24, 2.45) is 11.7 Å². The molecule has 7 nitrogen and oxygen atoms in total. The maximum absolute atomic E-state index is 13.0. The number of nitrogens with two attached hydrogens (primary N) is 1. The van der Waals surface area contributed by atoms with Gasteiger partial charge in [0, 0.05) is 42.1 Å². The zero-order valence-corrected chi connectivity index (χ0v) is 22.4. The molecular weight excluding hydrogens is 486 g/mol. The Hall–Kier alpha value is -3.58. The van der Waals surface area contributed by atoms with E-state index in [0.717, 1.165) is 79.4 Å². The number of anilines is 1. The number of hydrogen-bond acceptors (Lipinski definition) is 5. The zero-order valence-electron chi connectivity index (χ0n) is 22.4. The van der Waals surface area contributed by atoms with Gasteiger partial charge in [-0.2, -0.15) is 0 Å². The Balaban J connectivity index is 1.15. The second-order valence-corrected chi connectivity index (χ2v) is 11.6. The number of amides is 2. The van der Waals surface area contributed by atoms with Gasteiger partial charge in [0.05, 0.1) is 0 Å². The van der Waals surface area contributed by atoms with Crippen LogP contribution in [0.25, 0.3) is 22.4 Å². The summed E-state index contributed by atoms with van der Waals surface area (Å²) >= 11 is 0. The van der Waals surface area contributed by atoms with Crippen LogP contribution in [-0.2, 0) is 15.1 Å². The molecule has 6 rings (SSSR count). The fourth-order valence-electron chi connectivity index (χ4n) is 6.48. The third-order valence-electron chi connectivity index (χ3n) is 8.97. The predicted molar refractivity (Wildman–Crippen MR) is 153 cm³/mol. The normalized spacial score (nSPS) is 22.4. The van der Waals surface area contributed by atoms with E-state index in [0.29, 0.717) is 36.5 Å². The van der Waals surface area contributed by atoms with Gasteiger partial charge in [0.25, 0.3) is 0 Å². The smallest absolute Gasteiger partial charge is 0.225 e. The lowest BCUT2D eigenvalue weighted by Gasteiger charge is -2.38. The maximum Gasteiger partial charge on any atom is 0.225 e. The lowest BCUT2D eigenvalue weighted by atomic mass is 9.72. The van der Waals surface area contributed by atoms with Crippen molar-refractivity contribution in [3.63, 3.8) is 0 Å². The zero-order chi connectivity index (χ0) is 26.8. The van der Waals surface area contributed by atoms with E-state index in [1.807, 2.05) is 36.4 Å². The molecule has 1 saturated heterocycles. The van der Waals surface area contributed by atoms with E-state index in [9.17, 15) is 9.59 Å². The molecule has 0 unspecified atom stereocenters. The van der Waals surface area contributed by atoms with Crippen LogP contribution in [0.3, 0.4) is 0 Å². The summed E-state index contributed by atoms with van der Waals surface area (Å²) < 4.78 is 0. The molecule has 0 bridgehead atoms. The Bertz CT molecular complexity index is 1330. The van der Waals surface area contributed by atoms with E-state index in [-0.39, 0.29) is 11.4 Å². The van der Waals surface area contributed by atoms with Crippen molar-refractivity contribution in [1.29, 1.82) is 0 Å². The van der Waals surface area contributed by atoms with Crippen molar-refractivity contribution in [3.8, 4) is 22.4 Å². The SMILES string of the molecule is NC1(c2ccc(-c3nnc(NC(=O)C[C@H]4CC[C@H](N5CCCC5=O)CC4)cc3-c3ccccc3)cc2)CCC1. The van der Waals surface area contributed by atoms with Crippen LogP contribution in [0, 0.1) is 5.92 Å². The summed E-state index contributed by atoms with van der Waals surface area (Å²) in [7, 11) is 0. The number of nitrogens with zero attached hydrogens (tertiary/aromatic N) is 3. The van der Waals surface area contributed by atoms with Crippen LogP contribution in [0.5, 0.6) is 0 Å². The highest BCUT2D eigenvalue weighted by Gasteiger charge is 2.34. The highest BCUT2D eigenvalue weighted by molar-refractivity contribution is 5.91. The molecule has 0 spiro atoms. The highest BCUT2D eigenvalue weighted by Crippen LogP contribution is 2.40. The van der Waals surface area contributed by atoms with Gasteiger partial charge in [0.2, 0.25) is 11.8 Å². The number of benzene rings is 2. The monoisotopic (exact) mass is 523 g/mol. The predicted octanol–water partition coefficient (Wildman–Crippen LogP) is 5.66. The minimum absolute atomic E-state index is 0.0325. The number of carbonyl (C=O) groups is 2. The molecule has 2 aromatic carbocycles. The van der Waals surface area contributed by atoms with E-state index in [1.54, 1.807) is 0 Å². The average Bonchev–Trinajstić information content (AvgIpc) is 3.38. The fraction of sp³-hybridized carbons (Fsp3) is 0.438. The number of aromatic nitrogens is 2. The van der Waals surface area contributed by atoms with Crippen molar-refractivity contribution < 1.29 is 9.59 Å². The standard InChI is InChI=1S/C32H37N5O2/c33-32(17-5-18-32)25-13-11-24(12-14-25)31-27(23-6-2-1-3-7-23)21-28(35-36-31)34-29(38)20-22-9-15-26(16-10-22)37-19-4-8-30(37)39/h1-3,6-7,11-14,21-22,26H,4-5,8-10,15-20,33H2,(H,34,35,38)/t22-,26-. The summed E-state index contributed by atoms with van der Waals surface area (Å²) in [6, 6.07) is 20.7. The number of likely N-dealkylation sites (tertiary alicyclic amines) is 1. The molecule has 1 aromatic heterocycles. The van der Waals surface area contributed by atoms with Gasteiger partial charge in [-0.05, 0) is 74.5 Å². The van der Waals surface area contributed by atoms with Crippen LogP contribution in [0.15, 0.2) is 60.7 Å². The number of nitrogens with one attached hydrogen (secondary N) is 1. The van der Waals surface area contributed by atoms with E-state index in [1.165, 1.54) is 6.42 Å².